The standard InChI is InChI=1S/C21H21N3O4/c1-13-17(14(2)28-24-13)11-22-18-6-4-3-5-16(18)21(25)23-10-15-7-8-19-20(9-15)27-12-26-19/h3-9,22H,10-12H2,1-2H3,(H,23,25). The molecule has 0 unspecified atom stereocenters. The average molecular weight is 379 g/mol. The fraction of sp³-hybridized carbons (Fsp3) is 0.238. The maximum absolute atomic E-state index is 12.7. The summed E-state index contributed by atoms with van der Waals surface area (Å²) in [6, 6.07) is 13.1. The number of benzene rings is 2. The lowest BCUT2D eigenvalue weighted by atomic mass is 10.1. The van der Waals surface area contributed by atoms with E-state index in [1.807, 2.05) is 50.2 Å². The van der Waals surface area contributed by atoms with E-state index >= 15 is 0 Å². The van der Waals surface area contributed by atoms with Crippen molar-refractivity contribution in [2.75, 3.05) is 12.1 Å². The van der Waals surface area contributed by atoms with E-state index < -0.39 is 0 Å². The summed E-state index contributed by atoms with van der Waals surface area (Å²) in [6.07, 6.45) is 0. The Morgan fingerprint density at radius 1 is 1.07 bits per heavy atom. The average Bonchev–Trinajstić information content (AvgIpc) is 3.30. The minimum absolute atomic E-state index is 0.153. The number of hydrogen-bond acceptors (Lipinski definition) is 6. The molecule has 4 rings (SSSR count). The maximum atomic E-state index is 12.7. The zero-order chi connectivity index (χ0) is 19.5. The third-order valence-electron chi connectivity index (χ3n) is 4.70. The highest BCUT2D eigenvalue weighted by molar-refractivity contribution is 5.99. The van der Waals surface area contributed by atoms with Crippen molar-refractivity contribution in [2.24, 2.45) is 0 Å². The second kappa shape index (κ2) is 7.64. The van der Waals surface area contributed by atoms with Gasteiger partial charge in [0.05, 0.1) is 11.3 Å². The van der Waals surface area contributed by atoms with Crippen molar-refractivity contribution in [1.82, 2.24) is 10.5 Å². The third kappa shape index (κ3) is 3.64. The summed E-state index contributed by atoms with van der Waals surface area (Å²) in [5, 5.41) is 10.2. The fourth-order valence-corrected chi connectivity index (χ4v) is 3.10. The largest absolute Gasteiger partial charge is 0.454 e. The van der Waals surface area contributed by atoms with E-state index in [0.29, 0.717) is 24.4 Å². The monoisotopic (exact) mass is 379 g/mol. The first-order valence-corrected chi connectivity index (χ1v) is 9.03. The highest BCUT2D eigenvalue weighted by atomic mass is 16.7. The molecule has 0 atom stereocenters. The minimum atomic E-state index is -0.153. The lowest BCUT2D eigenvalue weighted by Crippen LogP contribution is -2.24. The quantitative estimate of drug-likeness (QED) is 0.681. The van der Waals surface area contributed by atoms with Gasteiger partial charge in [-0.25, -0.2) is 0 Å². The minimum Gasteiger partial charge on any atom is -0.454 e. The van der Waals surface area contributed by atoms with E-state index in [0.717, 1.165) is 34.0 Å². The molecule has 2 aromatic carbocycles. The molecule has 1 aliphatic rings. The van der Waals surface area contributed by atoms with Gasteiger partial charge in [0.2, 0.25) is 6.79 Å². The summed E-state index contributed by atoms with van der Waals surface area (Å²) in [5.74, 6) is 2.05. The van der Waals surface area contributed by atoms with Gasteiger partial charge in [-0.15, -0.1) is 0 Å². The molecule has 0 radical (unpaired) electrons. The SMILES string of the molecule is Cc1noc(C)c1CNc1ccccc1C(=O)NCc1ccc2c(c1)OCO2. The van der Waals surface area contributed by atoms with Crippen molar-refractivity contribution in [3.8, 4) is 11.5 Å². The van der Waals surface area contributed by atoms with Gasteiger partial charge in [0, 0.05) is 24.3 Å². The van der Waals surface area contributed by atoms with Gasteiger partial charge in [0.1, 0.15) is 5.76 Å². The zero-order valence-electron chi connectivity index (χ0n) is 15.7. The summed E-state index contributed by atoms with van der Waals surface area (Å²) in [7, 11) is 0. The Morgan fingerprint density at radius 3 is 2.71 bits per heavy atom. The van der Waals surface area contributed by atoms with Crippen LogP contribution < -0.4 is 20.1 Å². The van der Waals surface area contributed by atoms with Gasteiger partial charge in [0.15, 0.2) is 11.5 Å². The van der Waals surface area contributed by atoms with E-state index in [-0.39, 0.29) is 12.7 Å². The number of amides is 1. The van der Waals surface area contributed by atoms with Crippen molar-refractivity contribution in [3.63, 3.8) is 0 Å². The predicted molar refractivity (Wildman–Crippen MR) is 103 cm³/mol. The molecule has 1 aromatic heterocycles. The van der Waals surface area contributed by atoms with Gasteiger partial charge in [-0.3, -0.25) is 4.79 Å². The van der Waals surface area contributed by atoms with Gasteiger partial charge >= 0.3 is 0 Å². The molecule has 1 aliphatic heterocycles. The fourth-order valence-electron chi connectivity index (χ4n) is 3.10. The smallest absolute Gasteiger partial charge is 0.253 e. The number of fused-ring (bicyclic) bond motifs is 1. The third-order valence-corrected chi connectivity index (χ3v) is 4.70. The first-order valence-electron chi connectivity index (χ1n) is 9.03. The number of rotatable bonds is 6. The predicted octanol–water partition coefficient (Wildman–Crippen LogP) is 3.56. The van der Waals surface area contributed by atoms with Gasteiger partial charge in [-0.1, -0.05) is 23.4 Å². The second-order valence-corrected chi connectivity index (χ2v) is 6.57. The number of carbonyl (C=O) groups is 1. The number of para-hydroxylation sites is 1. The van der Waals surface area contributed by atoms with Crippen molar-refractivity contribution in [1.29, 1.82) is 0 Å². The number of anilines is 1. The lowest BCUT2D eigenvalue weighted by molar-refractivity contribution is 0.0951. The Morgan fingerprint density at radius 2 is 1.89 bits per heavy atom. The van der Waals surface area contributed by atoms with Gasteiger partial charge < -0.3 is 24.6 Å². The molecule has 7 heteroatoms. The normalized spacial score (nSPS) is 12.1. The molecule has 0 saturated carbocycles. The van der Waals surface area contributed by atoms with Crippen LogP contribution in [0.5, 0.6) is 11.5 Å². The molecular weight excluding hydrogens is 358 g/mol. The molecule has 2 heterocycles. The summed E-state index contributed by atoms with van der Waals surface area (Å²) < 4.78 is 15.9. The van der Waals surface area contributed by atoms with Crippen LogP contribution in [0, 0.1) is 13.8 Å². The van der Waals surface area contributed by atoms with Crippen LogP contribution in [0.4, 0.5) is 5.69 Å². The van der Waals surface area contributed by atoms with E-state index in [1.165, 1.54) is 0 Å². The number of aromatic nitrogens is 1. The van der Waals surface area contributed by atoms with Crippen LogP contribution in [-0.2, 0) is 13.1 Å². The number of hydrogen-bond donors (Lipinski definition) is 2. The summed E-state index contributed by atoms with van der Waals surface area (Å²) >= 11 is 0. The van der Waals surface area contributed by atoms with E-state index in [9.17, 15) is 4.79 Å². The lowest BCUT2D eigenvalue weighted by Gasteiger charge is -2.12. The first kappa shape index (κ1) is 17.9. The highest BCUT2D eigenvalue weighted by Crippen LogP contribution is 2.32. The van der Waals surface area contributed by atoms with Crippen LogP contribution in [0.15, 0.2) is 47.0 Å². The Kier molecular flexibility index (Phi) is 4.89. The molecule has 0 aliphatic carbocycles. The van der Waals surface area contributed by atoms with Crippen molar-refractivity contribution in [2.45, 2.75) is 26.9 Å². The van der Waals surface area contributed by atoms with Crippen LogP contribution in [0.2, 0.25) is 0 Å². The molecular formula is C21H21N3O4. The molecule has 0 spiro atoms. The topological polar surface area (TPSA) is 85.6 Å². The van der Waals surface area contributed by atoms with Crippen molar-refractivity contribution >= 4 is 11.6 Å². The number of carbonyl (C=O) groups excluding carboxylic acids is 1. The molecule has 1 amide bonds. The Labute approximate surface area is 162 Å². The van der Waals surface area contributed by atoms with E-state index in [2.05, 4.69) is 15.8 Å². The molecule has 2 N–H and O–H groups in total. The van der Waals surface area contributed by atoms with Crippen LogP contribution in [0.3, 0.4) is 0 Å². The van der Waals surface area contributed by atoms with E-state index in [1.54, 1.807) is 6.07 Å². The highest BCUT2D eigenvalue weighted by Gasteiger charge is 2.15. The van der Waals surface area contributed by atoms with Crippen molar-refractivity contribution < 1.29 is 18.8 Å². The van der Waals surface area contributed by atoms with Gasteiger partial charge in [0.25, 0.3) is 5.91 Å². The van der Waals surface area contributed by atoms with Crippen LogP contribution in [-0.4, -0.2) is 17.9 Å². The van der Waals surface area contributed by atoms with Crippen LogP contribution in [0.25, 0.3) is 0 Å². The summed E-state index contributed by atoms with van der Waals surface area (Å²) in [4.78, 5) is 12.7. The number of nitrogens with one attached hydrogen (secondary N) is 2. The summed E-state index contributed by atoms with van der Waals surface area (Å²) in [6.45, 7) is 4.94. The summed E-state index contributed by atoms with van der Waals surface area (Å²) in [5.41, 5.74) is 4.12. The molecule has 144 valence electrons. The molecule has 7 nitrogen and oxygen atoms in total. The molecule has 0 fully saturated rings. The molecule has 0 saturated heterocycles. The second-order valence-electron chi connectivity index (χ2n) is 6.57. The van der Waals surface area contributed by atoms with Gasteiger partial charge in [-0.2, -0.15) is 0 Å². The van der Waals surface area contributed by atoms with E-state index in [4.69, 9.17) is 14.0 Å². The Hall–Kier alpha value is -3.48. The maximum Gasteiger partial charge on any atom is 0.253 e. The number of ether oxygens (including phenoxy) is 2. The first-order chi connectivity index (χ1) is 13.6. The van der Waals surface area contributed by atoms with Crippen molar-refractivity contribution in [3.05, 3.63) is 70.6 Å². The van der Waals surface area contributed by atoms with Crippen LogP contribution >= 0.6 is 0 Å². The Balaban J connectivity index is 1.43. The molecule has 0 bridgehead atoms. The molecule has 28 heavy (non-hydrogen) atoms. The van der Waals surface area contributed by atoms with Gasteiger partial charge in [-0.05, 0) is 43.7 Å². The zero-order valence-corrected chi connectivity index (χ0v) is 15.7. The number of aryl methyl sites for hydroxylation is 2. The number of nitrogens with zero attached hydrogens (tertiary/aromatic N) is 1. The molecule has 3 aromatic rings. The van der Waals surface area contributed by atoms with Crippen LogP contribution in [0.1, 0.15) is 32.9 Å². The Bertz CT molecular complexity index is 993.